The second-order valence-electron chi connectivity index (χ2n) is 3.39. The SMILES string of the molecule is CCC(CC)(CC)CC=CCCl. The zero-order valence-electron chi connectivity index (χ0n) is 8.57. The Hall–Kier alpha value is 0.0300. The smallest absolute Gasteiger partial charge is 0.0404 e. The van der Waals surface area contributed by atoms with E-state index in [-0.39, 0.29) is 0 Å². The van der Waals surface area contributed by atoms with Crippen LogP contribution in [0.15, 0.2) is 12.2 Å². The Morgan fingerprint density at radius 1 is 1.00 bits per heavy atom. The topological polar surface area (TPSA) is 0 Å². The third-order valence-corrected chi connectivity index (χ3v) is 3.23. The zero-order valence-corrected chi connectivity index (χ0v) is 9.32. The highest BCUT2D eigenvalue weighted by Crippen LogP contribution is 2.34. The molecule has 0 saturated carbocycles. The standard InChI is InChI=1S/C11H21Cl/c1-4-11(5-2,6-3)9-7-8-10-12/h7-8H,4-6,9-10H2,1-3H3. The van der Waals surface area contributed by atoms with Crippen LogP contribution in [0.4, 0.5) is 0 Å². The van der Waals surface area contributed by atoms with Gasteiger partial charge in [0.2, 0.25) is 0 Å². The van der Waals surface area contributed by atoms with E-state index in [2.05, 4.69) is 32.9 Å². The van der Waals surface area contributed by atoms with Crippen LogP contribution in [0.1, 0.15) is 46.5 Å². The van der Waals surface area contributed by atoms with E-state index in [1.165, 1.54) is 25.7 Å². The minimum atomic E-state index is 0.530. The van der Waals surface area contributed by atoms with Crippen LogP contribution in [0.2, 0.25) is 0 Å². The van der Waals surface area contributed by atoms with Crippen LogP contribution in [-0.4, -0.2) is 5.88 Å². The molecule has 0 amide bonds. The van der Waals surface area contributed by atoms with Gasteiger partial charge in [-0.15, -0.1) is 11.6 Å². The molecular formula is C11H21Cl. The van der Waals surface area contributed by atoms with Crippen molar-refractivity contribution in [3.63, 3.8) is 0 Å². The molecule has 0 aliphatic carbocycles. The summed E-state index contributed by atoms with van der Waals surface area (Å²) in [6.45, 7) is 6.84. The van der Waals surface area contributed by atoms with E-state index in [9.17, 15) is 0 Å². The molecule has 0 aromatic carbocycles. The maximum absolute atomic E-state index is 5.57. The van der Waals surface area contributed by atoms with Crippen molar-refractivity contribution < 1.29 is 0 Å². The van der Waals surface area contributed by atoms with E-state index in [1.807, 2.05) is 0 Å². The third-order valence-electron chi connectivity index (χ3n) is 3.06. The Kier molecular flexibility index (Phi) is 6.55. The van der Waals surface area contributed by atoms with E-state index in [0.717, 1.165) is 0 Å². The average Bonchev–Trinajstić information content (AvgIpc) is 2.14. The number of rotatable bonds is 6. The van der Waals surface area contributed by atoms with Gasteiger partial charge in [0.1, 0.15) is 0 Å². The molecule has 0 nitrogen and oxygen atoms in total. The maximum Gasteiger partial charge on any atom is 0.0404 e. The molecular weight excluding hydrogens is 168 g/mol. The Morgan fingerprint density at radius 3 is 1.83 bits per heavy atom. The molecule has 0 rings (SSSR count). The second kappa shape index (κ2) is 6.54. The van der Waals surface area contributed by atoms with E-state index < -0.39 is 0 Å². The molecule has 72 valence electrons. The third kappa shape index (κ3) is 3.62. The predicted molar refractivity (Wildman–Crippen MR) is 57.8 cm³/mol. The number of hydrogen-bond donors (Lipinski definition) is 0. The highest BCUT2D eigenvalue weighted by molar-refractivity contribution is 6.18. The van der Waals surface area contributed by atoms with E-state index >= 15 is 0 Å². The molecule has 12 heavy (non-hydrogen) atoms. The van der Waals surface area contributed by atoms with Gasteiger partial charge >= 0.3 is 0 Å². The normalized spacial score (nSPS) is 12.7. The quantitative estimate of drug-likeness (QED) is 0.429. The zero-order chi connectivity index (χ0) is 9.45. The fraction of sp³-hybridized carbons (Fsp3) is 0.818. The second-order valence-corrected chi connectivity index (χ2v) is 3.70. The molecule has 0 fully saturated rings. The molecule has 0 aromatic heterocycles. The lowest BCUT2D eigenvalue weighted by Crippen LogP contribution is -2.16. The average molecular weight is 189 g/mol. The number of alkyl halides is 1. The summed E-state index contributed by atoms with van der Waals surface area (Å²) in [5.74, 6) is 0.646. The summed E-state index contributed by atoms with van der Waals surface area (Å²) < 4.78 is 0. The minimum absolute atomic E-state index is 0.530. The van der Waals surface area contributed by atoms with Gasteiger partial charge in [-0.2, -0.15) is 0 Å². The summed E-state index contributed by atoms with van der Waals surface area (Å²) >= 11 is 5.57. The fourth-order valence-electron chi connectivity index (χ4n) is 1.58. The summed E-state index contributed by atoms with van der Waals surface area (Å²) in [4.78, 5) is 0. The van der Waals surface area contributed by atoms with Crippen LogP contribution in [0.25, 0.3) is 0 Å². The summed E-state index contributed by atoms with van der Waals surface area (Å²) in [5, 5.41) is 0. The molecule has 0 atom stereocenters. The summed E-state index contributed by atoms with van der Waals surface area (Å²) in [7, 11) is 0. The molecule has 0 bridgehead atoms. The summed E-state index contributed by atoms with van der Waals surface area (Å²) in [6.07, 6.45) is 9.27. The van der Waals surface area contributed by atoms with Crippen LogP contribution in [0.3, 0.4) is 0 Å². The molecule has 0 aliphatic rings. The first-order chi connectivity index (χ1) is 5.74. The molecule has 0 aromatic rings. The van der Waals surface area contributed by atoms with E-state index in [1.54, 1.807) is 0 Å². The summed E-state index contributed by atoms with van der Waals surface area (Å²) in [6, 6.07) is 0. The van der Waals surface area contributed by atoms with Crippen molar-refractivity contribution in [1.82, 2.24) is 0 Å². The Balaban J connectivity index is 4.01. The highest BCUT2D eigenvalue weighted by atomic mass is 35.5. The van der Waals surface area contributed by atoms with Crippen molar-refractivity contribution >= 4 is 11.6 Å². The maximum atomic E-state index is 5.57. The largest absolute Gasteiger partial charge is 0.122 e. The Morgan fingerprint density at radius 2 is 1.50 bits per heavy atom. The molecule has 0 unspecified atom stereocenters. The van der Waals surface area contributed by atoms with Gasteiger partial charge in [0, 0.05) is 5.88 Å². The Labute approximate surface area is 82.0 Å². The van der Waals surface area contributed by atoms with Crippen molar-refractivity contribution in [2.45, 2.75) is 46.5 Å². The van der Waals surface area contributed by atoms with Gasteiger partial charge < -0.3 is 0 Å². The van der Waals surface area contributed by atoms with Crippen LogP contribution < -0.4 is 0 Å². The molecule has 0 aliphatic heterocycles. The lowest BCUT2D eigenvalue weighted by Gasteiger charge is -2.28. The van der Waals surface area contributed by atoms with E-state index in [4.69, 9.17) is 11.6 Å². The fourth-order valence-corrected chi connectivity index (χ4v) is 1.71. The first-order valence-electron chi connectivity index (χ1n) is 4.95. The highest BCUT2D eigenvalue weighted by Gasteiger charge is 2.21. The predicted octanol–water partition coefficient (Wildman–Crippen LogP) is 4.39. The monoisotopic (exact) mass is 188 g/mol. The minimum Gasteiger partial charge on any atom is -0.122 e. The lowest BCUT2D eigenvalue weighted by molar-refractivity contribution is 0.254. The molecule has 0 spiro atoms. The Bertz CT molecular complexity index is 115. The van der Waals surface area contributed by atoms with E-state index in [0.29, 0.717) is 11.3 Å². The molecule has 0 N–H and O–H groups in total. The van der Waals surface area contributed by atoms with Crippen LogP contribution >= 0.6 is 11.6 Å². The van der Waals surface area contributed by atoms with Crippen molar-refractivity contribution in [3.05, 3.63) is 12.2 Å². The van der Waals surface area contributed by atoms with Gasteiger partial charge in [0.05, 0.1) is 0 Å². The van der Waals surface area contributed by atoms with Gasteiger partial charge in [0.25, 0.3) is 0 Å². The van der Waals surface area contributed by atoms with Crippen LogP contribution in [0, 0.1) is 5.41 Å². The first kappa shape index (κ1) is 12.0. The molecule has 0 saturated heterocycles. The molecule has 0 radical (unpaired) electrons. The number of hydrogen-bond acceptors (Lipinski definition) is 0. The van der Waals surface area contributed by atoms with Crippen molar-refractivity contribution in [3.8, 4) is 0 Å². The van der Waals surface area contributed by atoms with Gasteiger partial charge in [-0.1, -0.05) is 52.2 Å². The van der Waals surface area contributed by atoms with Gasteiger partial charge in [-0.3, -0.25) is 0 Å². The van der Waals surface area contributed by atoms with Gasteiger partial charge in [-0.25, -0.2) is 0 Å². The van der Waals surface area contributed by atoms with Gasteiger partial charge in [0.15, 0.2) is 0 Å². The lowest BCUT2D eigenvalue weighted by atomic mass is 9.77. The number of halogens is 1. The van der Waals surface area contributed by atoms with Crippen molar-refractivity contribution in [2.75, 3.05) is 5.88 Å². The summed E-state index contributed by atoms with van der Waals surface area (Å²) in [5.41, 5.74) is 0.530. The first-order valence-corrected chi connectivity index (χ1v) is 5.49. The van der Waals surface area contributed by atoms with Crippen molar-refractivity contribution in [2.24, 2.45) is 5.41 Å². The van der Waals surface area contributed by atoms with Crippen LogP contribution in [0.5, 0.6) is 0 Å². The van der Waals surface area contributed by atoms with Crippen LogP contribution in [-0.2, 0) is 0 Å². The molecule has 0 heterocycles. The van der Waals surface area contributed by atoms with Crippen molar-refractivity contribution in [1.29, 1.82) is 0 Å². The molecule has 1 heteroatoms. The number of allylic oxidation sites excluding steroid dienone is 2. The van der Waals surface area contributed by atoms with Gasteiger partial charge in [-0.05, 0) is 11.8 Å².